The fraction of sp³-hybridized carbons (Fsp3) is 0.0690. The van der Waals surface area contributed by atoms with Crippen molar-refractivity contribution in [2.45, 2.75) is 24.7 Å². The second-order valence-electron chi connectivity index (χ2n) is 16.4. The standard InChI is InChI=1S/C58H43N/c1-57(2)52-38-42(40-20-7-3-8-21-40)34-36-47(52)48-37-35-45(39-53(48)57)59(54-32-18-16-28-46(54)41-22-9-4-10-23-41)55-33-19-31-51-56(55)49-29-15-17-30-50(49)58(51,43-24-11-5-12-25-43)44-26-13-6-14-27-44/h3-39H,1-2H3. The van der Waals surface area contributed by atoms with Gasteiger partial charge >= 0.3 is 0 Å². The van der Waals surface area contributed by atoms with Crippen molar-refractivity contribution < 1.29 is 0 Å². The highest BCUT2D eigenvalue weighted by molar-refractivity contribution is 6.00. The van der Waals surface area contributed by atoms with Gasteiger partial charge in [-0.15, -0.1) is 0 Å². The Balaban J connectivity index is 1.18. The van der Waals surface area contributed by atoms with Crippen LogP contribution < -0.4 is 4.90 Å². The Morgan fingerprint density at radius 3 is 1.51 bits per heavy atom. The first-order chi connectivity index (χ1) is 29.0. The summed E-state index contributed by atoms with van der Waals surface area (Å²) in [6.07, 6.45) is 0. The van der Waals surface area contributed by atoms with Crippen LogP contribution in [0.4, 0.5) is 17.1 Å². The highest BCUT2D eigenvalue weighted by Crippen LogP contribution is 2.60. The molecule has 0 atom stereocenters. The smallest absolute Gasteiger partial charge is 0.0714 e. The molecule has 0 heterocycles. The molecule has 0 aliphatic heterocycles. The van der Waals surface area contributed by atoms with E-state index >= 15 is 0 Å². The van der Waals surface area contributed by atoms with E-state index in [0.29, 0.717) is 0 Å². The number of benzene rings is 9. The van der Waals surface area contributed by atoms with E-state index in [1.54, 1.807) is 0 Å². The van der Waals surface area contributed by atoms with E-state index in [1.165, 1.54) is 77.9 Å². The first-order valence-corrected chi connectivity index (χ1v) is 20.7. The van der Waals surface area contributed by atoms with Gasteiger partial charge in [-0.05, 0) is 97.1 Å². The van der Waals surface area contributed by atoms with Gasteiger partial charge in [0.1, 0.15) is 0 Å². The summed E-state index contributed by atoms with van der Waals surface area (Å²) >= 11 is 0. The molecule has 59 heavy (non-hydrogen) atoms. The van der Waals surface area contributed by atoms with Crippen molar-refractivity contribution in [2.24, 2.45) is 0 Å². The molecule has 0 spiro atoms. The Bertz CT molecular complexity index is 2960. The van der Waals surface area contributed by atoms with Gasteiger partial charge in [-0.25, -0.2) is 0 Å². The van der Waals surface area contributed by atoms with Gasteiger partial charge in [0, 0.05) is 22.2 Å². The van der Waals surface area contributed by atoms with Crippen molar-refractivity contribution in [3.63, 3.8) is 0 Å². The second kappa shape index (κ2) is 13.7. The molecule has 0 saturated heterocycles. The minimum absolute atomic E-state index is 0.211. The molecule has 2 aliphatic carbocycles. The monoisotopic (exact) mass is 753 g/mol. The van der Waals surface area contributed by atoms with Gasteiger partial charge < -0.3 is 4.90 Å². The van der Waals surface area contributed by atoms with Gasteiger partial charge in [0.05, 0.1) is 16.8 Å². The van der Waals surface area contributed by atoms with Crippen LogP contribution in [-0.2, 0) is 10.8 Å². The van der Waals surface area contributed by atoms with Gasteiger partial charge in [-0.2, -0.15) is 0 Å². The highest BCUT2D eigenvalue weighted by atomic mass is 15.1. The molecule has 11 rings (SSSR count). The molecule has 0 N–H and O–H groups in total. The molecule has 0 saturated carbocycles. The summed E-state index contributed by atoms with van der Waals surface area (Å²) in [7, 11) is 0. The first-order valence-electron chi connectivity index (χ1n) is 20.7. The summed E-state index contributed by atoms with van der Waals surface area (Å²) in [5.41, 5.74) is 20.6. The maximum Gasteiger partial charge on any atom is 0.0714 e. The molecule has 0 unspecified atom stereocenters. The Labute approximate surface area is 347 Å². The summed E-state index contributed by atoms with van der Waals surface area (Å²) in [6.45, 7) is 4.78. The van der Waals surface area contributed by atoms with E-state index in [9.17, 15) is 0 Å². The van der Waals surface area contributed by atoms with Crippen LogP contribution in [0.5, 0.6) is 0 Å². The van der Waals surface area contributed by atoms with Gasteiger partial charge in [0.2, 0.25) is 0 Å². The lowest BCUT2D eigenvalue weighted by Crippen LogP contribution is -2.28. The Kier molecular flexibility index (Phi) is 8.13. The van der Waals surface area contributed by atoms with E-state index in [-0.39, 0.29) is 5.41 Å². The van der Waals surface area contributed by atoms with Crippen LogP contribution in [0, 0.1) is 0 Å². The largest absolute Gasteiger partial charge is 0.309 e. The van der Waals surface area contributed by atoms with Crippen LogP contribution in [0.2, 0.25) is 0 Å². The summed E-state index contributed by atoms with van der Waals surface area (Å²) < 4.78 is 0. The molecule has 0 bridgehead atoms. The maximum absolute atomic E-state index is 2.54. The van der Waals surface area contributed by atoms with E-state index in [0.717, 1.165) is 17.1 Å². The molecule has 2 aliphatic rings. The molecule has 0 radical (unpaired) electrons. The van der Waals surface area contributed by atoms with Crippen LogP contribution in [0.3, 0.4) is 0 Å². The number of hydrogen-bond donors (Lipinski definition) is 0. The number of fused-ring (bicyclic) bond motifs is 6. The third-order valence-corrected chi connectivity index (χ3v) is 13.0. The molecule has 9 aromatic rings. The number of anilines is 3. The molecule has 9 aromatic carbocycles. The molecule has 0 amide bonds. The summed E-state index contributed by atoms with van der Waals surface area (Å²) in [5, 5.41) is 0. The second-order valence-corrected chi connectivity index (χ2v) is 16.4. The van der Waals surface area contributed by atoms with Crippen molar-refractivity contribution in [3.8, 4) is 44.5 Å². The summed E-state index contributed by atoms with van der Waals surface area (Å²) in [5.74, 6) is 0. The SMILES string of the molecule is CC1(C)c2cc(-c3ccccc3)ccc2-c2ccc(N(c3ccccc3-c3ccccc3)c3cccc4c3-c3ccccc3C4(c3ccccc3)c3ccccc3)cc21. The van der Waals surface area contributed by atoms with Crippen molar-refractivity contribution in [1.29, 1.82) is 0 Å². The van der Waals surface area contributed by atoms with Crippen LogP contribution in [0.1, 0.15) is 47.2 Å². The predicted octanol–water partition coefficient (Wildman–Crippen LogP) is 15.2. The fourth-order valence-electron chi connectivity index (χ4n) is 10.3. The van der Waals surface area contributed by atoms with E-state index < -0.39 is 5.41 Å². The summed E-state index contributed by atoms with van der Waals surface area (Å²) in [4.78, 5) is 2.54. The molecular weight excluding hydrogens is 711 g/mol. The zero-order valence-corrected chi connectivity index (χ0v) is 33.3. The zero-order valence-electron chi connectivity index (χ0n) is 33.3. The lowest BCUT2D eigenvalue weighted by Gasteiger charge is -2.35. The lowest BCUT2D eigenvalue weighted by molar-refractivity contribution is 0.660. The van der Waals surface area contributed by atoms with Gasteiger partial charge in [0.15, 0.2) is 0 Å². The predicted molar refractivity (Wildman–Crippen MR) is 247 cm³/mol. The topological polar surface area (TPSA) is 3.24 Å². The van der Waals surface area contributed by atoms with Crippen LogP contribution in [0.25, 0.3) is 44.5 Å². The minimum Gasteiger partial charge on any atom is -0.309 e. The van der Waals surface area contributed by atoms with Crippen molar-refractivity contribution in [2.75, 3.05) is 4.90 Å². The fourth-order valence-corrected chi connectivity index (χ4v) is 10.3. The Hall–Kier alpha value is -7.22. The van der Waals surface area contributed by atoms with E-state index in [2.05, 4.69) is 243 Å². The van der Waals surface area contributed by atoms with Crippen LogP contribution in [-0.4, -0.2) is 0 Å². The van der Waals surface area contributed by atoms with Crippen LogP contribution in [0.15, 0.2) is 224 Å². The number of nitrogens with zero attached hydrogens (tertiary/aromatic N) is 1. The molecule has 1 nitrogen and oxygen atoms in total. The Morgan fingerprint density at radius 2 is 0.831 bits per heavy atom. The highest BCUT2D eigenvalue weighted by Gasteiger charge is 2.47. The molecule has 0 aromatic heterocycles. The lowest BCUT2D eigenvalue weighted by atomic mass is 9.68. The maximum atomic E-state index is 2.54. The average Bonchev–Trinajstić information content (AvgIpc) is 3.73. The van der Waals surface area contributed by atoms with Crippen LogP contribution >= 0.6 is 0 Å². The summed E-state index contributed by atoms with van der Waals surface area (Å²) in [6, 6.07) is 83.0. The van der Waals surface area contributed by atoms with Gasteiger partial charge in [-0.3, -0.25) is 0 Å². The number of para-hydroxylation sites is 1. The third-order valence-electron chi connectivity index (χ3n) is 13.0. The quantitative estimate of drug-likeness (QED) is 0.157. The van der Waals surface area contributed by atoms with Crippen molar-refractivity contribution in [1.82, 2.24) is 0 Å². The third kappa shape index (κ3) is 5.31. The molecular formula is C58H43N. The number of hydrogen-bond acceptors (Lipinski definition) is 1. The van der Waals surface area contributed by atoms with Gasteiger partial charge in [0.25, 0.3) is 0 Å². The molecule has 0 fully saturated rings. The zero-order chi connectivity index (χ0) is 39.6. The van der Waals surface area contributed by atoms with E-state index in [1.807, 2.05) is 0 Å². The molecule has 1 heteroatoms. The van der Waals surface area contributed by atoms with Crippen molar-refractivity contribution in [3.05, 3.63) is 258 Å². The molecule has 280 valence electrons. The Morgan fingerprint density at radius 1 is 0.322 bits per heavy atom. The number of rotatable bonds is 7. The first kappa shape index (κ1) is 35.0. The normalized spacial score (nSPS) is 13.9. The van der Waals surface area contributed by atoms with E-state index in [4.69, 9.17) is 0 Å². The van der Waals surface area contributed by atoms with Crippen molar-refractivity contribution >= 4 is 17.1 Å². The average molecular weight is 754 g/mol. The van der Waals surface area contributed by atoms with Gasteiger partial charge in [-0.1, -0.05) is 208 Å². The minimum atomic E-state index is -0.507.